The monoisotopic (exact) mass is 404 g/mol. The van der Waals surface area contributed by atoms with E-state index in [1.165, 1.54) is 18.2 Å². The van der Waals surface area contributed by atoms with Crippen molar-refractivity contribution in [3.05, 3.63) is 47.0 Å². The Morgan fingerprint density at radius 3 is 2.56 bits per heavy atom. The van der Waals surface area contributed by atoms with Crippen molar-refractivity contribution in [1.29, 1.82) is 5.41 Å². The first kappa shape index (κ1) is 19.4. The third-order valence-corrected chi connectivity index (χ3v) is 4.86. The summed E-state index contributed by atoms with van der Waals surface area (Å²) >= 11 is -0.569. The fraction of sp³-hybridized carbons (Fsp3) is 0.235. The van der Waals surface area contributed by atoms with Crippen LogP contribution < -0.4 is 10.5 Å². The Hall–Kier alpha value is -2.33. The second-order valence-corrected chi connectivity index (χ2v) is 6.95. The fourth-order valence-electron chi connectivity index (χ4n) is 2.88. The summed E-state index contributed by atoms with van der Waals surface area (Å²) in [7, 11) is 0. The van der Waals surface area contributed by atoms with E-state index in [1.807, 2.05) is 0 Å². The number of thioether (sulfide) groups is 1. The number of anilines is 1. The minimum absolute atomic E-state index is 0.0909. The van der Waals surface area contributed by atoms with Crippen molar-refractivity contribution in [1.82, 2.24) is 0 Å². The average molecular weight is 404 g/mol. The van der Waals surface area contributed by atoms with Gasteiger partial charge in [-0.2, -0.15) is 13.2 Å². The first-order chi connectivity index (χ1) is 12.5. The molecule has 0 aromatic heterocycles. The van der Waals surface area contributed by atoms with Gasteiger partial charge < -0.3 is 21.0 Å². The Kier molecular flexibility index (Phi) is 4.81. The normalized spacial score (nSPS) is 18.2. The topological polar surface area (TPSA) is 79.3 Å². The Bertz CT molecular complexity index is 902. The van der Waals surface area contributed by atoms with Crippen molar-refractivity contribution < 1.29 is 31.8 Å². The third kappa shape index (κ3) is 3.72. The molecule has 0 amide bonds. The number of nitrogens with one attached hydrogen (secondary N) is 1. The summed E-state index contributed by atoms with van der Waals surface area (Å²) in [6, 6.07) is 6.60. The summed E-state index contributed by atoms with van der Waals surface area (Å²) in [4.78, 5) is -0.505. The van der Waals surface area contributed by atoms with Gasteiger partial charge in [0.15, 0.2) is 0 Å². The maximum atomic E-state index is 14.0. The Morgan fingerprint density at radius 1 is 1.22 bits per heavy atom. The van der Waals surface area contributed by atoms with Crippen LogP contribution in [-0.4, -0.2) is 22.8 Å². The van der Waals surface area contributed by atoms with E-state index < -0.39 is 46.2 Å². The lowest BCUT2D eigenvalue weighted by atomic mass is 10.1. The summed E-state index contributed by atoms with van der Waals surface area (Å²) in [6.07, 6.45) is -2.42. The molecule has 0 radical (unpaired) electrons. The van der Waals surface area contributed by atoms with E-state index in [4.69, 9.17) is 15.9 Å². The molecule has 0 aliphatic heterocycles. The standard InChI is InChI=1S/C17H13F5N2O2S/c18-16(19)6-8-12(26-11-3-1-2-10(24)9(11)7-23)4-5-13(14(8)15(16)25)27-17(20,21)22/h1-5,7,15,23,25H,6,24H2. The molecule has 0 spiro atoms. The maximum absolute atomic E-state index is 14.0. The van der Waals surface area contributed by atoms with Crippen LogP contribution in [0.3, 0.4) is 0 Å². The molecule has 1 unspecified atom stereocenters. The highest BCUT2D eigenvalue weighted by molar-refractivity contribution is 8.00. The molecule has 0 bridgehead atoms. The molecule has 4 N–H and O–H groups in total. The maximum Gasteiger partial charge on any atom is 0.446 e. The molecule has 3 rings (SSSR count). The molecular formula is C17H13F5N2O2S. The first-order valence-electron chi connectivity index (χ1n) is 7.57. The van der Waals surface area contributed by atoms with E-state index in [9.17, 15) is 27.1 Å². The molecule has 144 valence electrons. The molecular weight excluding hydrogens is 391 g/mol. The van der Waals surface area contributed by atoms with Crippen LogP contribution in [0.25, 0.3) is 0 Å². The Labute approximate surface area is 154 Å². The SMILES string of the molecule is N=Cc1c(N)cccc1Oc1ccc(SC(F)(F)F)c2c1CC(F)(F)C2O. The average Bonchev–Trinajstić information content (AvgIpc) is 2.79. The summed E-state index contributed by atoms with van der Waals surface area (Å²) < 4.78 is 71.9. The molecule has 0 fully saturated rings. The van der Waals surface area contributed by atoms with Crippen molar-refractivity contribution >= 4 is 23.7 Å². The quantitative estimate of drug-likeness (QED) is 0.293. The summed E-state index contributed by atoms with van der Waals surface area (Å²) in [5.74, 6) is -3.66. The molecule has 0 saturated carbocycles. The van der Waals surface area contributed by atoms with Gasteiger partial charge >= 0.3 is 5.51 Å². The Balaban J connectivity index is 2.10. The smallest absolute Gasteiger partial charge is 0.446 e. The van der Waals surface area contributed by atoms with E-state index >= 15 is 0 Å². The second-order valence-electron chi connectivity index (χ2n) is 5.85. The lowest BCUT2D eigenvalue weighted by Gasteiger charge is -2.17. The zero-order chi connectivity index (χ0) is 20.0. The molecule has 1 aliphatic rings. The van der Waals surface area contributed by atoms with Crippen LogP contribution in [-0.2, 0) is 6.42 Å². The molecule has 10 heteroatoms. The van der Waals surface area contributed by atoms with Gasteiger partial charge in [-0.05, 0) is 36.0 Å². The largest absolute Gasteiger partial charge is 0.456 e. The van der Waals surface area contributed by atoms with Gasteiger partial charge in [0.1, 0.15) is 17.6 Å². The first-order valence-corrected chi connectivity index (χ1v) is 8.39. The van der Waals surface area contributed by atoms with E-state index in [-0.39, 0.29) is 28.3 Å². The highest BCUT2D eigenvalue weighted by Gasteiger charge is 2.50. The van der Waals surface area contributed by atoms with E-state index in [0.717, 1.165) is 18.3 Å². The van der Waals surface area contributed by atoms with Crippen molar-refractivity contribution in [3.63, 3.8) is 0 Å². The number of benzene rings is 2. The summed E-state index contributed by atoms with van der Waals surface area (Å²) in [6.45, 7) is 0. The van der Waals surface area contributed by atoms with Crippen LogP contribution in [0.5, 0.6) is 11.5 Å². The highest BCUT2D eigenvalue weighted by atomic mass is 32.2. The van der Waals surface area contributed by atoms with Gasteiger partial charge in [0.25, 0.3) is 5.92 Å². The second kappa shape index (κ2) is 6.68. The minimum Gasteiger partial charge on any atom is -0.456 e. The van der Waals surface area contributed by atoms with Gasteiger partial charge in [0.05, 0.1) is 5.56 Å². The number of nitrogen functional groups attached to an aromatic ring is 1. The molecule has 1 aliphatic carbocycles. The van der Waals surface area contributed by atoms with Gasteiger partial charge in [-0.1, -0.05) is 6.07 Å². The number of nitrogens with two attached hydrogens (primary N) is 1. The molecule has 0 saturated heterocycles. The number of aliphatic hydroxyl groups excluding tert-OH is 1. The van der Waals surface area contributed by atoms with Crippen LogP contribution in [0.1, 0.15) is 22.8 Å². The number of rotatable bonds is 4. The zero-order valence-corrected chi connectivity index (χ0v) is 14.3. The molecule has 0 heterocycles. The molecule has 2 aromatic carbocycles. The third-order valence-electron chi connectivity index (χ3n) is 4.05. The number of hydrogen-bond acceptors (Lipinski definition) is 5. The minimum atomic E-state index is -4.70. The number of ether oxygens (including phenoxy) is 1. The predicted molar refractivity (Wildman–Crippen MR) is 90.8 cm³/mol. The van der Waals surface area contributed by atoms with Crippen molar-refractivity contribution in [2.45, 2.75) is 28.9 Å². The van der Waals surface area contributed by atoms with Gasteiger partial charge in [-0.15, -0.1) is 0 Å². The van der Waals surface area contributed by atoms with Crippen LogP contribution in [0.2, 0.25) is 0 Å². The fourth-order valence-corrected chi connectivity index (χ4v) is 3.61. The highest BCUT2D eigenvalue weighted by Crippen LogP contribution is 2.52. The predicted octanol–water partition coefficient (Wildman–Crippen LogP) is 4.90. The van der Waals surface area contributed by atoms with Crippen LogP contribution in [0, 0.1) is 5.41 Å². The van der Waals surface area contributed by atoms with Gasteiger partial charge in [0.2, 0.25) is 0 Å². The van der Waals surface area contributed by atoms with E-state index in [0.29, 0.717) is 0 Å². The van der Waals surface area contributed by atoms with Crippen molar-refractivity contribution in [2.75, 3.05) is 5.73 Å². The number of aliphatic hydroxyl groups is 1. The molecule has 4 nitrogen and oxygen atoms in total. The molecule has 27 heavy (non-hydrogen) atoms. The lowest BCUT2D eigenvalue weighted by Crippen LogP contribution is -2.21. The van der Waals surface area contributed by atoms with E-state index in [1.54, 1.807) is 0 Å². The van der Waals surface area contributed by atoms with Crippen molar-refractivity contribution in [3.8, 4) is 11.5 Å². The van der Waals surface area contributed by atoms with Crippen molar-refractivity contribution in [2.24, 2.45) is 0 Å². The van der Waals surface area contributed by atoms with Gasteiger partial charge in [0, 0.05) is 34.3 Å². The number of halogens is 5. The van der Waals surface area contributed by atoms with Gasteiger partial charge in [-0.25, -0.2) is 8.78 Å². The lowest BCUT2D eigenvalue weighted by molar-refractivity contribution is -0.0977. The number of fused-ring (bicyclic) bond motifs is 1. The van der Waals surface area contributed by atoms with Crippen LogP contribution >= 0.6 is 11.8 Å². The summed E-state index contributed by atoms with van der Waals surface area (Å²) in [5.41, 5.74) is 0.746. The van der Waals surface area contributed by atoms with Gasteiger partial charge in [-0.3, -0.25) is 0 Å². The zero-order valence-electron chi connectivity index (χ0n) is 13.5. The molecule has 1 atom stereocenters. The Morgan fingerprint density at radius 2 is 1.93 bits per heavy atom. The summed E-state index contributed by atoms with van der Waals surface area (Å²) in [5, 5.41) is 17.3. The number of hydrogen-bond donors (Lipinski definition) is 3. The van der Waals surface area contributed by atoms with E-state index in [2.05, 4.69) is 0 Å². The van der Waals surface area contributed by atoms with Crippen LogP contribution in [0.15, 0.2) is 35.2 Å². The number of alkyl halides is 5. The molecule has 2 aromatic rings. The van der Waals surface area contributed by atoms with Crippen LogP contribution in [0.4, 0.5) is 27.6 Å².